The van der Waals surface area contributed by atoms with Crippen molar-refractivity contribution < 1.29 is 4.74 Å². The summed E-state index contributed by atoms with van der Waals surface area (Å²) in [5.74, 6) is 0. The Morgan fingerprint density at radius 2 is 2.43 bits per heavy atom. The van der Waals surface area contributed by atoms with Gasteiger partial charge in [0.05, 0.1) is 6.61 Å². The van der Waals surface area contributed by atoms with E-state index in [2.05, 4.69) is 0 Å². The summed E-state index contributed by atoms with van der Waals surface area (Å²) in [6, 6.07) is 0. The maximum Gasteiger partial charge on any atom is 0.118 e. The van der Waals surface area contributed by atoms with E-state index >= 15 is 0 Å². The number of nitrogens with two attached hydrogens (primary N) is 1. The molecule has 1 fully saturated rings. The summed E-state index contributed by atoms with van der Waals surface area (Å²) < 4.78 is 5.05. The van der Waals surface area contributed by atoms with Gasteiger partial charge in [-0.3, -0.25) is 0 Å². The van der Waals surface area contributed by atoms with E-state index < -0.39 is 0 Å². The Balaban J connectivity index is 2.29. The van der Waals surface area contributed by atoms with Crippen LogP contribution in [0, 0.1) is 0 Å². The van der Waals surface area contributed by atoms with Gasteiger partial charge in [0.15, 0.2) is 0 Å². The molecule has 0 radical (unpaired) electrons. The Hall–Kier alpha value is -0.0800. The van der Waals surface area contributed by atoms with Crippen molar-refractivity contribution in [2.45, 2.75) is 25.5 Å². The first kappa shape index (κ1) is 5.06. The van der Waals surface area contributed by atoms with Crippen LogP contribution in [-0.4, -0.2) is 12.3 Å². The molecule has 7 heavy (non-hydrogen) atoms. The predicted molar refractivity (Wildman–Crippen MR) is 27.8 cm³/mol. The van der Waals surface area contributed by atoms with Crippen LogP contribution in [0.1, 0.15) is 19.8 Å². The van der Waals surface area contributed by atoms with Crippen molar-refractivity contribution in [2.75, 3.05) is 6.61 Å². The number of rotatable bonds is 1. The highest BCUT2D eigenvalue weighted by atomic mass is 16.5. The molecule has 2 nitrogen and oxygen atoms in total. The van der Waals surface area contributed by atoms with Gasteiger partial charge in [0.2, 0.25) is 0 Å². The fraction of sp³-hybridized carbons (Fsp3) is 1.00. The van der Waals surface area contributed by atoms with E-state index in [0.29, 0.717) is 0 Å². The molecule has 1 heterocycles. The lowest BCUT2D eigenvalue weighted by Gasteiger charge is -2.37. The molecule has 1 aliphatic heterocycles. The molecule has 1 rings (SSSR count). The summed E-state index contributed by atoms with van der Waals surface area (Å²) in [4.78, 5) is 0. The van der Waals surface area contributed by atoms with Crippen molar-refractivity contribution in [3.63, 3.8) is 0 Å². The third-order valence-corrected chi connectivity index (χ3v) is 1.51. The average molecular weight is 101 g/mol. The van der Waals surface area contributed by atoms with Gasteiger partial charge < -0.3 is 10.5 Å². The molecule has 42 valence electrons. The van der Waals surface area contributed by atoms with E-state index in [4.69, 9.17) is 10.5 Å². The summed E-state index contributed by atoms with van der Waals surface area (Å²) in [5, 5.41) is 0. The van der Waals surface area contributed by atoms with Crippen LogP contribution in [0.3, 0.4) is 0 Å². The van der Waals surface area contributed by atoms with Gasteiger partial charge in [-0.15, -0.1) is 0 Å². The Kier molecular flexibility index (Phi) is 1.05. The minimum atomic E-state index is -0.236. The predicted octanol–water partition coefficient (Wildman–Crippen LogP) is 0.472. The first-order valence-corrected chi connectivity index (χ1v) is 2.70. The van der Waals surface area contributed by atoms with E-state index in [1.54, 1.807) is 0 Å². The molecule has 2 N–H and O–H groups in total. The smallest absolute Gasteiger partial charge is 0.118 e. The Labute approximate surface area is 43.6 Å². The van der Waals surface area contributed by atoms with Crippen molar-refractivity contribution in [1.29, 1.82) is 0 Å². The molecule has 0 amide bonds. The second-order valence-corrected chi connectivity index (χ2v) is 2.02. The highest BCUT2D eigenvalue weighted by molar-refractivity contribution is 4.78. The lowest BCUT2D eigenvalue weighted by Crippen LogP contribution is -2.51. The second kappa shape index (κ2) is 1.46. The van der Waals surface area contributed by atoms with E-state index in [9.17, 15) is 0 Å². The van der Waals surface area contributed by atoms with Crippen LogP contribution in [0.15, 0.2) is 0 Å². The molecular formula is C5H11NO. The molecule has 2 heteroatoms. The van der Waals surface area contributed by atoms with Gasteiger partial charge in [0.25, 0.3) is 0 Å². The quantitative estimate of drug-likeness (QED) is 0.521. The number of ether oxygens (including phenoxy) is 1. The molecule has 1 aliphatic rings. The summed E-state index contributed by atoms with van der Waals surface area (Å²) >= 11 is 0. The SMILES string of the molecule is CCC1(N)CCO1. The summed E-state index contributed by atoms with van der Waals surface area (Å²) in [5.41, 5.74) is 5.34. The highest BCUT2D eigenvalue weighted by Crippen LogP contribution is 2.22. The van der Waals surface area contributed by atoms with Crippen molar-refractivity contribution in [1.82, 2.24) is 0 Å². The van der Waals surface area contributed by atoms with Gasteiger partial charge in [0.1, 0.15) is 5.72 Å². The van der Waals surface area contributed by atoms with Crippen molar-refractivity contribution in [3.05, 3.63) is 0 Å². The molecular weight excluding hydrogens is 90.1 g/mol. The monoisotopic (exact) mass is 101 g/mol. The van der Waals surface area contributed by atoms with Crippen LogP contribution >= 0.6 is 0 Å². The zero-order chi connectivity index (χ0) is 5.33. The molecule has 0 spiro atoms. The van der Waals surface area contributed by atoms with Crippen LogP contribution in [0.25, 0.3) is 0 Å². The van der Waals surface area contributed by atoms with Gasteiger partial charge in [-0.1, -0.05) is 6.92 Å². The maximum atomic E-state index is 5.58. The molecule has 1 atom stereocenters. The average Bonchev–Trinajstić information content (AvgIpc) is 1.61. The number of hydrogen-bond acceptors (Lipinski definition) is 2. The molecule has 0 aromatic carbocycles. The van der Waals surface area contributed by atoms with E-state index in [0.717, 1.165) is 19.4 Å². The summed E-state index contributed by atoms with van der Waals surface area (Å²) in [7, 11) is 0. The maximum absolute atomic E-state index is 5.58. The van der Waals surface area contributed by atoms with Gasteiger partial charge in [-0.2, -0.15) is 0 Å². The minimum absolute atomic E-state index is 0.236. The topological polar surface area (TPSA) is 35.2 Å². The van der Waals surface area contributed by atoms with Crippen LogP contribution < -0.4 is 5.73 Å². The van der Waals surface area contributed by atoms with Crippen molar-refractivity contribution in [3.8, 4) is 0 Å². The lowest BCUT2D eigenvalue weighted by molar-refractivity contribution is -0.144. The van der Waals surface area contributed by atoms with Gasteiger partial charge in [-0.05, 0) is 6.42 Å². The zero-order valence-electron chi connectivity index (χ0n) is 4.61. The molecule has 0 bridgehead atoms. The molecule has 0 saturated carbocycles. The molecule has 1 saturated heterocycles. The van der Waals surface area contributed by atoms with Gasteiger partial charge >= 0.3 is 0 Å². The standard InChI is InChI=1S/C5H11NO/c1-2-5(6)3-4-7-5/h2-4,6H2,1H3. The Bertz CT molecular complexity index is 63.0. The molecule has 0 aromatic rings. The van der Waals surface area contributed by atoms with Crippen LogP contribution in [-0.2, 0) is 4.74 Å². The minimum Gasteiger partial charge on any atom is -0.361 e. The highest BCUT2D eigenvalue weighted by Gasteiger charge is 2.30. The Morgan fingerprint density at radius 3 is 2.43 bits per heavy atom. The second-order valence-electron chi connectivity index (χ2n) is 2.02. The summed E-state index contributed by atoms with van der Waals surface area (Å²) in [6.07, 6.45) is 1.97. The molecule has 0 aliphatic carbocycles. The van der Waals surface area contributed by atoms with E-state index in [-0.39, 0.29) is 5.72 Å². The number of hydrogen-bond donors (Lipinski definition) is 1. The van der Waals surface area contributed by atoms with Crippen LogP contribution in [0.2, 0.25) is 0 Å². The fourth-order valence-electron chi connectivity index (χ4n) is 0.643. The lowest BCUT2D eigenvalue weighted by atomic mass is 10.0. The summed E-state index contributed by atoms with van der Waals surface area (Å²) in [6.45, 7) is 2.89. The third kappa shape index (κ3) is 0.763. The largest absolute Gasteiger partial charge is 0.361 e. The van der Waals surface area contributed by atoms with Gasteiger partial charge in [0, 0.05) is 6.42 Å². The first-order valence-electron chi connectivity index (χ1n) is 2.70. The van der Waals surface area contributed by atoms with Crippen LogP contribution in [0.5, 0.6) is 0 Å². The van der Waals surface area contributed by atoms with Crippen molar-refractivity contribution >= 4 is 0 Å². The third-order valence-electron chi connectivity index (χ3n) is 1.51. The molecule has 1 unspecified atom stereocenters. The fourth-order valence-corrected chi connectivity index (χ4v) is 0.643. The Morgan fingerprint density at radius 1 is 1.86 bits per heavy atom. The van der Waals surface area contributed by atoms with Gasteiger partial charge in [-0.25, -0.2) is 0 Å². The van der Waals surface area contributed by atoms with Crippen molar-refractivity contribution in [2.24, 2.45) is 5.73 Å². The molecule has 0 aromatic heterocycles. The zero-order valence-corrected chi connectivity index (χ0v) is 4.61. The normalized spacial score (nSPS) is 40.3. The van der Waals surface area contributed by atoms with E-state index in [1.807, 2.05) is 6.92 Å². The van der Waals surface area contributed by atoms with Crippen LogP contribution in [0.4, 0.5) is 0 Å². The first-order chi connectivity index (χ1) is 3.27. The van der Waals surface area contributed by atoms with E-state index in [1.165, 1.54) is 0 Å².